The molecule has 0 atom stereocenters. The fraction of sp³-hybridized carbons (Fsp3) is 0.812. The van der Waals surface area contributed by atoms with Crippen molar-refractivity contribution in [3.05, 3.63) is 0 Å². The monoisotopic (exact) mass is 530 g/mol. The molecule has 38 heavy (non-hydrogen) atoms. The summed E-state index contributed by atoms with van der Waals surface area (Å²) in [6.45, 7) is 6.41. The molecule has 0 bridgehead atoms. The van der Waals surface area contributed by atoms with Gasteiger partial charge in [0.05, 0.1) is 13.1 Å². The second-order valence-electron chi connectivity index (χ2n) is 10.2. The van der Waals surface area contributed by atoms with E-state index < -0.39 is 0 Å². The molecule has 4 amide bonds. The van der Waals surface area contributed by atoms with Crippen molar-refractivity contribution in [3.8, 4) is 23.7 Å². The molecule has 218 valence electrons. The Bertz CT molecular complexity index is 614. The molecule has 0 aromatic carbocycles. The van der Waals surface area contributed by atoms with Crippen molar-refractivity contribution in [2.45, 2.75) is 142 Å². The molecular weight excluding hydrogens is 472 g/mol. The maximum absolute atomic E-state index is 11.8. The summed E-state index contributed by atoms with van der Waals surface area (Å²) < 4.78 is 0. The lowest BCUT2D eigenvalue weighted by atomic mass is 10.1. The lowest BCUT2D eigenvalue weighted by molar-refractivity contribution is 0.241. The Labute approximate surface area is 235 Å². The molecule has 0 heterocycles. The first-order valence-corrected chi connectivity index (χ1v) is 15.7. The first-order valence-electron chi connectivity index (χ1n) is 15.7. The van der Waals surface area contributed by atoms with Gasteiger partial charge in [-0.2, -0.15) is 0 Å². The molecule has 0 unspecified atom stereocenters. The quantitative estimate of drug-likeness (QED) is 0.0773. The molecule has 0 aliphatic carbocycles. The van der Waals surface area contributed by atoms with Crippen LogP contribution < -0.4 is 21.3 Å². The molecule has 0 spiro atoms. The Kier molecular flexibility index (Phi) is 29.0. The Hall–Kier alpha value is -2.34. The summed E-state index contributed by atoms with van der Waals surface area (Å²) in [6, 6.07) is -0.382. The van der Waals surface area contributed by atoms with Gasteiger partial charge in [-0.15, -0.1) is 0 Å². The van der Waals surface area contributed by atoms with E-state index in [1.165, 1.54) is 103 Å². The van der Waals surface area contributed by atoms with Crippen LogP contribution in [0.3, 0.4) is 0 Å². The van der Waals surface area contributed by atoms with Crippen molar-refractivity contribution in [3.63, 3.8) is 0 Å². The summed E-state index contributed by atoms with van der Waals surface area (Å²) in [4.78, 5) is 23.5. The molecular formula is C32H58N4O2. The van der Waals surface area contributed by atoms with E-state index >= 15 is 0 Å². The summed E-state index contributed by atoms with van der Waals surface area (Å²) in [5, 5.41) is 11.2. The van der Waals surface area contributed by atoms with E-state index in [9.17, 15) is 9.59 Å². The molecule has 0 aliphatic rings. The molecule has 0 saturated carbocycles. The van der Waals surface area contributed by atoms with Crippen molar-refractivity contribution in [2.24, 2.45) is 0 Å². The van der Waals surface area contributed by atoms with Crippen LogP contribution in [0.5, 0.6) is 0 Å². The second kappa shape index (κ2) is 30.9. The van der Waals surface area contributed by atoms with Crippen LogP contribution in [-0.2, 0) is 0 Å². The number of urea groups is 2. The van der Waals surface area contributed by atoms with Crippen molar-refractivity contribution in [1.29, 1.82) is 0 Å². The Morgan fingerprint density at radius 2 is 0.711 bits per heavy atom. The second-order valence-corrected chi connectivity index (χ2v) is 10.2. The molecule has 0 fully saturated rings. The third kappa shape index (κ3) is 29.9. The minimum absolute atomic E-state index is 0.191. The molecule has 6 nitrogen and oxygen atoms in total. The average Bonchev–Trinajstić information content (AvgIpc) is 2.91. The SMILES string of the molecule is CCCCCCCCCCCCNC(=O)NCC#CC#CCNC(=O)NCCCCCCCCCCCC. The number of carbonyl (C=O) groups is 2. The molecule has 0 aromatic heterocycles. The maximum Gasteiger partial charge on any atom is 0.315 e. The minimum atomic E-state index is -0.191. The standard InChI is InChI=1S/C32H58N4O2/c1-3-5-7-9-11-13-15-17-19-23-27-33-31(37)35-29-25-21-22-26-30-36-32(38)34-28-24-20-18-16-14-12-10-8-6-4-2/h3-20,23-24,27-30H2,1-2H3,(H2,33,35,37)(H2,34,36,38). The van der Waals surface area contributed by atoms with E-state index in [0.717, 1.165) is 25.7 Å². The normalized spacial score (nSPS) is 10.1. The van der Waals surface area contributed by atoms with E-state index in [2.05, 4.69) is 58.8 Å². The Morgan fingerprint density at radius 1 is 0.421 bits per heavy atom. The highest BCUT2D eigenvalue weighted by atomic mass is 16.2. The summed E-state index contributed by atoms with van der Waals surface area (Å²) in [5.74, 6) is 11.0. The molecule has 0 aliphatic heterocycles. The largest absolute Gasteiger partial charge is 0.338 e. The fourth-order valence-electron chi connectivity index (χ4n) is 4.18. The predicted molar refractivity (Wildman–Crippen MR) is 162 cm³/mol. The zero-order chi connectivity index (χ0) is 27.8. The highest BCUT2D eigenvalue weighted by molar-refractivity contribution is 5.74. The summed E-state index contributed by atoms with van der Waals surface area (Å²) in [7, 11) is 0. The smallest absolute Gasteiger partial charge is 0.315 e. The topological polar surface area (TPSA) is 82.3 Å². The first kappa shape index (κ1) is 35.7. The molecule has 0 radical (unpaired) electrons. The van der Waals surface area contributed by atoms with E-state index in [4.69, 9.17) is 0 Å². The van der Waals surface area contributed by atoms with E-state index in [1.807, 2.05) is 0 Å². The van der Waals surface area contributed by atoms with Crippen LogP contribution in [-0.4, -0.2) is 38.2 Å². The first-order chi connectivity index (χ1) is 18.7. The van der Waals surface area contributed by atoms with Crippen LogP contribution >= 0.6 is 0 Å². The zero-order valence-electron chi connectivity index (χ0n) is 24.8. The van der Waals surface area contributed by atoms with Gasteiger partial charge in [0, 0.05) is 13.1 Å². The van der Waals surface area contributed by atoms with Gasteiger partial charge in [-0.3, -0.25) is 0 Å². The number of amides is 4. The van der Waals surface area contributed by atoms with Gasteiger partial charge in [0.1, 0.15) is 0 Å². The van der Waals surface area contributed by atoms with Gasteiger partial charge in [-0.25, -0.2) is 9.59 Å². The third-order valence-corrected chi connectivity index (χ3v) is 6.55. The lowest BCUT2D eigenvalue weighted by Gasteiger charge is -2.05. The maximum atomic E-state index is 11.8. The zero-order valence-corrected chi connectivity index (χ0v) is 24.8. The summed E-state index contributed by atoms with van der Waals surface area (Å²) in [6.07, 6.45) is 25.7. The third-order valence-electron chi connectivity index (χ3n) is 6.55. The van der Waals surface area contributed by atoms with Gasteiger partial charge < -0.3 is 21.3 Å². The number of unbranched alkanes of at least 4 members (excludes halogenated alkanes) is 18. The molecule has 0 aromatic rings. The summed E-state index contributed by atoms with van der Waals surface area (Å²) >= 11 is 0. The molecule has 6 heteroatoms. The van der Waals surface area contributed by atoms with E-state index in [0.29, 0.717) is 13.1 Å². The number of hydrogen-bond acceptors (Lipinski definition) is 2. The van der Waals surface area contributed by atoms with E-state index in [-0.39, 0.29) is 25.2 Å². The number of nitrogens with one attached hydrogen (secondary N) is 4. The average molecular weight is 531 g/mol. The van der Waals surface area contributed by atoms with Gasteiger partial charge in [0.15, 0.2) is 0 Å². The van der Waals surface area contributed by atoms with Gasteiger partial charge in [0.25, 0.3) is 0 Å². The van der Waals surface area contributed by atoms with Crippen LogP contribution in [0, 0.1) is 23.7 Å². The van der Waals surface area contributed by atoms with E-state index in [1.54, 1.807) is 0 Å². The summed E-state index contributed by atoms with van der Waals surface area (Å²) in [5.41, 5.74) is 0. The van der Waals surface area contributed by atoms with Crippen molar-refractivity contribution in [2.75, 3.05) is 26.2 Å². The van der Waals surface area contributed by atoms with Gasteiger partial charge in [-0.05, 0) is 24.7 Å². The Morgan fingerprint density at radius 3 is 1.03 bits per heavy atom. The van der Waals surface area contributed by atoms with Crippen LogP contribution in [0.15, 0.2) is 0 Å². The van der Waals surface area contributed by atoms with Crippen LogP contribution in [0.4, 0.5) is 9.59 Å². The highest BCUT2D eigenvalue weighted by Crippen LogP contribution is 2.11. The van der Waals surface area contributed by atoms with Crippen LogP contribution in [0.2, 0.25) is 0 Å². The fourth-order valence-corrected chi connectivity index (χ4v) is 4.18. The van der Waals surface area contributed by atoms with Crippen molar-refractivity contribution >= 4 is 12.1 Å². The molecule has 0 saturated heterocycles. The molecule has 4 N–H and O–H groups in total. The number of hydrogen-bond donors (Lipinski definition) is 4. The van der Waals surface area contributed by atoms with Crippen molar-refractivity contribution < 1.29 is 9.59 Å². The number of rotatable bonds is 24. The van der Waals surface area contributed by atoms with Crippen molar-refractivity contribution in [1.82, 2.24) is 21.3 Å². The van der Waals surface area contributed by atoms with Gasteiger partial charge in [-0.1, -0.05) is 141 Å². The minimum Gasteiger partial charge on any atom is -0.338 e. The highest BCUT2D eigenvalue weighted by Gasteiger charge is 1.98. The predicted octanol–water partition coefficient (Wildman–Crippen LogP) is 7.43. The Balaban J connectivity index is 3.46. The number of carbonyl (C=O) groups excluding carboxylic acids is 2. The van der Waals surface area contributed by atoms with Gasteiger partial charge >= 0.3 is 12.1 Å². The van der Waals surface area contributed by atoms with Crippen LogP contribution in [0.1, 0.15) is 142 Å². The molecule has 0 rings (SSSR count). The van der Waals surface area contributed by atoms with Crippen LogP contribution in [0.25, 0.3) is 0 Å². The lowest BCUT2D eigenvalue weighted by Crippen LogP contribution is -2.36. The van der Waals surface area contributed by atoms with Gasteiger partial charge in [0.2, 0.25) is 0 Å².